The maximum atomic E-state index is 13.1. The Balaban J connectivity index is 1.22. The van der Waals surface area contributed by atoms with Crippen LogP contribution in [-0.2, 0) is 16.0 Å². The molecule has 1 saturated heterocycles. The minimum Gasteiger partial charge on any atom is -0.380 e. The van der Waals surface area contributed by atoms with E-state index < -0.39 is 30.1 Å². The number of anilines is 1. The molecule has 4 heterocycles. The molecule has 1 aromatic carbocycles. The van der Waals surface area contributed by atoms with E-state index in [4.69, 9.17) is 0 Å². The number of nitrogens with one attached hydrogen (secondary N) is 2. The van der Waals surface area contributed by atoms with Crippen molar-refractivity contribution in [3.8, 4) is 0 Å². The normalized spacial score (nSPS) is 23.4. The van der Waals surface area contributed by atoms with Gasteiger partial charge in [0, 0.05) is 37.0 Å². The van der Waals surface area contributed by atoms with Crippen LogP contribution >= 0.6 is 0 Å². The molecule has 0 saturated carbocycles. The van der Waals surface area contributed by atoms with E-state index in [0.717, 1.165) is 41.9 Å². The molecular formula is C24H28N6O4. The number of rotatable bonds is 6. The molecule has 2 aromatic rings. The molecule has 2 unspecified atom stereocenters. The van der Waals surface area contributed by atoms with Crippen molar-refractivity contribution >= 4 is 17.5 Å². The van der Waals surface area contributed by atoms with Crippen molar-refractivity contribution in [2.75, 3.05) is 11.6 Å². The van der Waals surface area contributed by atoms with Crippen LogP contribution < -0.4 is 15.8 Å². The van der Waals surface area contributed by atoms with Crippen molar-refractivity contribution in [1.29, 1.82) is 0 Å². The van der Waals surface area contributed by atoms with Crippen molar-refractivity contribution in [3.63, 3.8) is 0 Å². The Morgan fingerprint density at radius 3 is 2.71 bits per heavy atom. The summed E-state index contributed by atoms with van der Waals surface area (Å²) in [4.78, 5) is 35.8. The number of nitrogens with zero attached hydrogens (tertiary/aromatic N) is 4. The molecule has 3 aliphatic rings. The van der Waals surface area contributed by atoms with Gasteiger partial charge in [0.2, 0.25) is 0 Å². The average Bonchev–Trinajstić information content (AvgIpc) is 3.50. The number of benzene rings is 1. The van der Waals surface area contributed by atoms with Gasteiger partial charge in [-0.25, -0.2) is 15.4 Å². The van der Waals surface area contributed by atoms with Crippen LogP contribution in [0.25, 0.3) is 0 Å². The third kappa shape index (κ3) is 4.04. The highest BCUT2D eigenvalue weighted by Crippen LogP contribution is 2.43. The summed E-state index contributed by atoms with van der Waals surface area (Å²) >= 11 is 0. The molecule has 3 aliphatic heterocycles. The van der Waals surface area contributed by atoms with E-state index in [-0.39, 0.29) is 12.1 Å². The summed E-state index contributed by atoms with van der Waals surface area (Å²) in [6, 6.07) is 6.83. The van der Waals surface area contributed by atoms with Crippen LogP contribution in [0.15, 0.2) is 49.1 Å². The van der Waals surface area contributed by atoms with Crippen molar-refractivity contribution in [1.82, 2.24) is 25.6 Å². The topological polar surface area (TPSA) is 131 Å². The largest absolute Gasteiger partial charge is 0.380 e. The van der Waals surface area contributed by atoms with Crippen molar-refractivity contribution in [2.24, 2.45) is 0 Å². The molecule has 1 fully saturated rings. The zero-order valence-electron chi connectivity index (χ0n) is 18.8. The summed E-state index contributed by atoms with van der Waals surface area (Å²) in [7, 11) is 0. The third-order valence-electron chi connectivity index (χ3n) is 6.86. The number of carbonyl (C=O) groups excluding carboxylic acids is 2. The van der Waals surface area contributed by atoms with Crippen LogP contribution in [0.5, 0.6) is 0 Å². The molecule has 0 spiro atoms. The molecule has 5 atom stereocenters. The second kappa shape index (κ2) is 9.13. The second-order valence-electron chi connectivity index (χ2n) is 8.95. The van der Waals surface area contributed by atoms with Crippen LogP contribution in [0.2, 0.25) is 0 Å². The predicted octanol–water partition coefficient (Wildman–Crippen LogP) is 0.502. The van der Waals surface area contributed by atoms with Gasteiger partial charge in [-0.1, -0.05) is 18.2 Å². The Kier molecular flexibility index (Phi) is 6.03. The Bertz CT molecular complexity index is 1110. The van der Waals surface area contributed by atoms with E-state index in [1.54, 1.807) is 18.0 Å². The van der Waals surface area contributed by atoms with Gasteiger partial charge in [-0.15, -0.1) is 0 Å². The number of carbonyl (C=O) groups is 2. The number of aliphatic hydroxyl groups excluding tert-OH is 2. The minimum atomic E-state index is -1.87. The first-order valence-corrected chi connectivity index (χ1v) is 11.5. The van der Waals surface area contributed by atoms with Gasteiger partial charge in [0.25, 0.3) is 11.8 Å². The van der Waals surface area contributed by atoms with Gasteiger partial charge in [0.05, 0.1) is 23.5 Å². The van der Waals surface area contributed by atoms with Crippen LogP contribution in [0, 0.1) is 0 Å². The molecule has 4 N–H and O–H groups in total. The molecule has 5 rings (SSSR count). The third-order valence-corrected chi connectivity index (χ3v) is 6.86. The Labute approximate surface area is 197 Å². The summed E-state index contributed by atoms with van der Waals surface area (Å²) in [6.45, 7) is 2.55. The fourth-order valence-electron chi connectivity index (χ4n) is 5.04. The van der Waals surface area contributed by atoms with Crippen LogP contribution in [0.1, 0.15) is 48.7 Å². The average molecular weight is 465 g/mol. The lowest BCUT2D eigenvalue weighted by Gasteiger charge is -2.37. The monoisotopic (exact) mass is 464 g/mol. The van der Waals surface area contributed by atoms with Gasteiger partial charge >= 0.3 is 0 Å². The highest BCUT2D eigenvalue weighted by molar-refractivity contribution is 5.91. The Hall–Kier alpha value is -3.34. The van der Waals surface area contributed by atoms with Crippen molar-refractivity contribution in [3.05, 3.63) is 65.9 Å². The minimum absolute atomic E-state index is 0.109. The number of amides is 2. The number of aromatic nitrogens is 2. The van der Waals surface area contributed by atoms with E-state index in [0.29, 0.717) is 6.42 Å². The van der Waals surface area contributed by atoms with E-state index in [1.165, 1.54) is 6.33 Å². The Morgan fingerprint density at radius 1 is 1.18 bits per heavy atom. The maximum Gasteiger partial charge on any atom is 0.255 e. The van der Waals surface area contributed by atoms with Crippen molar-refractivity contribution < 1.29 is 19.8 Å². The molecule has 0 aliphatic carbocycles. The van der Waals surface area contributed by atoms with E-state index in [1.807, 2.05) is 41.6 Å². The van der Waals surface area contributed by atoms with Gasteiger partial charge < -0.3 is 20.4 Å². The quantitative estimate of drug-likeness (QED) is 0.486. The molecule has 2 amide bonds. The second-order valence-corrected chi connectivity index (χ2v) is 8.95. The number of hydrogen-bond donors (Lipinski definition) is 4. The number of fused-ring (bicyclic) bond motifs is 4. The van der Waals surface area contributed by atoms with Crippen LogP contribution in [0.3, 0.4) is 0 Å². The predicted molar refractivity (Wildman–Crippen MR) is 123 cm³/mol. The molecule has 0 radical (unpaired) electrons. The van der Waals surface area contributed by atoms with E-state index >= 15 is 0 Å². The zero-order valence-corrected chi connectivity index (χ0v) is 18.8. The van der Waals surface area contributed by atoms with Gasteiger partial charge in [0.1, 0.15) is 6.33 Å². The number of hydrogen-bond acceptors (Lipinski definition) is 8. The lowest BCUT2D eigenvalue weighted by molar-refractivity contribution is -0.156. The lowest BCUT2D eigenvalue weighted by atomic mass is 9.98. The fourth-order valence-corrected chi connectivity index (χ4v) is 5.04. The summed E-state index contributed by atoms with van der Waals surface area (Å²) in [5.74, 6) is -1.44. The number of aliphatic hydroxyl groups is 2. The maximum absolute atomic E-state index is 13.1. The highest BCUT2D eigenvalue weighted by atomic mass is 16.3. The Morgan fingerprint density at radius 2 is 1.97 bits per heavy atom. The lowest BCUT2D eigenvalue weighted by Crippen LogP contribution is -2.53. The van der Waals surface area contributed by atoms with E-state index in [9.17, 15) is 19.8 Å². The first kappa shape index (κ1) is 22.5. The SMILES string of the molecule is C[C@@H](NC(=O)[C@H](O)[C@@H](O)C(=O)N1C2CCC1c1cncnc1C2)c1ccc(N2C=CCN2)cc1. The molecule has 10 nitrogen and oxygen atoms in total. The van der Waals surface area contributed by atoms with Gasteiger partial charge in [-0.05, 0) is 37.5 Å². The first-order valence-electron chi connectivity index (χ1n) is 11.5. The molecule has 10 heteroatoms. The highest BCUT2D eigenvalue weighted by Gasteiger charge is 2.46. The van der Waals surface area contributed by atoms with Gasteiger partial charge in [-0.3, -0.25) is 14.6 Å². The van der Waals surface area contributed by atoms with Crippen LogP contribution in [-0.4, -0.2) is 61.7 Å². The van der Waals surface area contributed by atoms with Gasteiger partial charge in [0.15, 0.2) is 12.2 Å². The summed E-state index contributed by atoms with van der Waals surface area (Å²) in [5, 5.41) is 25.7. The van der Waals surface area contributed by atoms with Gasteiger partial charge in [-0.2, -0.15) is 0 Å². The summed E-state index contributed by atoms with van der Waals surface area (Å²) < 4.78 is 0. The van der Waals surface area contributed by atoms with E-state index in [2.05, 4.69) is 20.7 Å². The van der Waals surface area contributed by atoms with Crippen LogP contribution in [0.4, 0.5) is 5.69 Å². The fraction of sp³-hybridized carbons (Fsp3) is 0.417. The molecular weight excluding hydrogens is 436 g/mol. The first-order chi connectivity index (χ1) is 16.4. The standard InChI is InChI=1S/C24H28N6O4/c1-14(15-3-5-16(6-4-15)29-10-2-9-27-29)28-23(33)21(31)22(32)24(34)30-17-7-8-20(30)18-12-25-13-26-19(18)11-17/h2-6,10,12-14,17,20-22,27,31-32H,7-9,11H2,1H3,(H,28,33)/t14-,17?,20?,21-,22-/m1/s1. The molecule has 34 heavy (non-hydrogen) atoms. The molecule has 178 valence electrons. The molecule has 2 bridgehead atoms. The number of hydrazine groups is 1. The summed E-state index contributed by atoms with van der Waals surface area (Å²) in [6.07, 6.45) is 5.50. The van der Waals surface area contributed by atoms with Crippen molar-refractivity contribution in [2.45, 2.75) is 56.5 Å². The summed E-state index contributed by atoms with van der Waals surface area (Å²) in [5.41, 5.74) is 6.76. The smallest absolute Gasteiger partial charge is 0.255 e. The zero-order chi connectivity index (χ0) is 23.8. The molecule has 1 aromatic heterocycles.